The van der Waals surface area contributed by atoms with Gasteiger partial charge in [0.25, 0.3) is 0 Å². The van der Waals surface area contributed by atoms with Crippen molar-refractivity contribution in [2.24, 2.45) is 0 Å². The molecule has 0 spiro atoms. The molecule has 3 heterocycles. The summed E-state index contributed by atoms with van der Waals surface area (Å²) in [5.41, 5.74) is 10.4. The van der Waals surface area contributed by atoms with Crippen LogP contribution in [0.5, 0.6) is 0 Å². The Hall–Kier alpha value is -7.30. The Bertz CT molecular complexity index is 3470. The van der Waals surface area contributed by atoms with Crippen LogP contribution in [-0.4, -0.2) is 19.1 Å². The average molecular weight is 694 g/mol. The van der Waals surface area contributed by atoms with Crippen molar-refractivity contribution in [2.75, 3.05) is 0 Å². The number of hydrogen-bond donors (Lipinski definition) is 0. The third kappa shape index (κ3) is 4.78. The lowest BCUT2D eigenvalue weighted by atomic mass is 10.0. The molecule has 4 heteroatoms. The van der Waals surface area contributed by atoms with E-state index >= 15 is 0 Å². The number of nitrogens with zero attached hydrogens (tertiary/aromatic N) is 4. The zero-order valence-electron chi connectivity index (χ0n) is 33.9. The largest absolute Gasteiger partial charge is 0.309 e. The van der Waals surface area contributed by atoms with E-state index in [0.717, 1.165) is 60.4 Å². The van der Waals surface area contributed by atoms with Gasteiger partial charge in [-0.3, -0.25) is 4.57 Å². The fourth-order valence-corrected chi connectivity index (χ4v) is 7.95. The second kappa shape index (κ2) is 12.1. The first-order chi connectivity index (χ1) is 28.9. The summed E-state index contributed by atoms with van der Waals surface area (Å²) in [5, 5.41) is 4.94. The lowest BCUT2D eigenvalue weighted by Crippen LogP contribution is -2.03. The summed E-state index contributed by atoms with van der Waals surface area (Å²) in [5.74, 6) is 0.339. The van der Waals surface area contributed by atoms with Crippen LogP contribution in [0, 0.1) is 0 Å². The molecule has 0 saturated carbocycles. The van der Waals surface area contributed by atoms with Crippen molar-refractivity contribution in [1.29, 1.82) is 0 Å². The van der Waals surface area contributed by atoms with Crippen molar-refractivity contribution in [3.63, 3.8) is 0 Å². The van der Waals surface area contributed by atoms with Gasteiger partial charge in [-0.1, -0.05) is 145 Å². The molecule has 0 bridgehead atoms. The van der Waals surface area contributed by atoms with Gasteiger partial charge in [-0.15, -0.1) is 0 Å². The van der Waals surface area contributed by atoms with E-state index in [9.17, 15) is 0 Å². The van der Waals surface area contributed by atoms with Crippen LogP contribution >= 0.6 is 0 Å². The lowest BCUT2D eigenvalue weighted by molar-refractivity contribution is 1.01. The minimum Gasteiger partial charge on any atom is -0.309 e. The van der Waals surface area contributed by atoms with Crippen LogP contribution in [-0.2, 0) is 0 Å². The van der Waals surface area contributed by atoms with Gasteiger partial charge in [-0.2, -0.15) is 0 Å². The maximum absolute atomic E-state index is 8.84. The fourth-order valence-electron chi connectivity index (χ4n) is 7.95. The van der Waals surface area contributed by atoms with E-state index in [-0.39, 0.29) is 23.3 Å². The van der Waals surface area contributed by atoms with Gasteiger partial charge in [0, 0.05) is 38.2 Å². The molecule has 0 fully saturated rings. The molecule has 0 aliphatic rings. The number of rotatable bonds is 5. The van der Waals surface area contributed by atoms with Crippen LogP contribution < -0.4 is 0 Å². The van der Waals surface area contributed by atoms with Crippen LogP contribution in [0.3, 0.4) is 0 Å². The molecular formula is C50H32N4. The summed E-state index contributed by atoms with van der Waals surface area (Å²) in [4.78, 5) is 10.1. The van der Waals surface area contributed by atoms with E-state index < -0.39 is 18.1 Å². The normalized spacial score (nSPS) is 13.0. The monoisotopic (exact) mass is 693 g/mol. The Morgan fingerprint density at radius 1 is 0.370 bits per heavy atom. The van der Waals surface area contributed by atoms with Crippen molar-refractivity contribution in [1.82, 2.24) is 19.1 Å². The predicted octanol–water partition coefficient (Wildman–Crippen LogP) is 12.8. The third-order valence-electron chi connectivity index (χ3n) is 10.4. The molecule has 8 aromatic carbocycles. The Labute approximate surface area is 318 Å². The second-order valence-corrected chi connectivity index (χ2v) is 13.5. The highest BCUT2D eigenvalue weighted by atomic mass is 15.2. The van der Waals surface area contributed by atoms with Crippen LogP contribution in [0.25, 0.3) is 99.7 Å². The number of hydrogen-bond acceptors (Lipinski definition) is 2. The SMILES string of the molecule is [2H]c1c([2H])c([2H])c(-c2nc(-n3c4ccccc4c4ccc(-c5ccc6c(c5)c5ccccc5n6-c5ccc(-c6ccccc6)cc5)cc43)nc3ccccc23)c([2H])c1[2H]. The highest BCUT2D eigenvalue weighted by Gasteiger charge is 2.19. The first-order valence-electron chi connectivity index (χ1n) is 20.4. The minimum atomic E-state index is -0.447. The molecule has 4 nitrogen and oxygen atoms in total. The van der Waals surface area contributed by atoms with Gasteiger partial charge >= 0.3 is 0 Å². The van der Waals surface area contributed by atoms with E-state index in [1.807, 2.05) is 53.1 Å². The van der Waals surface area contributed by atoms with E-state index in [4.69, 9.17) is 16.8 Å². The fraction of sp³-hybridized carbons (Fsp3) is 0. The van der Waals surface area contributed by atoms with Crippen LogP contribution in [0.1, 0.15) is 6.85 Å². The number of benzene rings is 8. The maximum atomic E-state index is 8.84. The maximum Gasteiger partial charge on any atom is 0.235 e. The second-order valence-electron chi connectivity index (χ2n) is 13.5. The molecule has 0 N–H and O–H groups in total. The molecule has 11 aromatic rings. The Balaban J connectivity index is 1.10. The van der Waals surface area contributed by atoms with Crippen molar-refractivity contribution in [3.8, 4) is 45.1 Å². The zero-order chi connectivity index (χ0) is 39.9. The average Bonchev–Trinajstić information content (AvgIpc) is 3.80. The minimum absolute atomic E-state index is 0.0388. The number of fused-ring (bicyclic) bond motifs is 7. The summed E-state index contributed by atoms with van der Waals surface area (Å²) in [6.07, 6.45) is 0. The molecule has 0 radical (unpaired) electrons. The Morgan fingerprint density at radius 2 is 0.944 bits per heavy atom. The number of aromatic nitrogens is 4. The van der Waals surface area contributed by atoms with E-state index in [1.165, 1.54) is 11.1 Å². The van der Waals surface area contributed by atoms with Crippen molar-refractivity contribution >= 4 is 54.5 Å². The van der Waals surface area contributed by atoms with Gasteiger partial charge in [-0.05, 0) is 70.8 Å². The van der Waals surface area contributed by atoms with E-state index in [0.29, 0.717) is 16.9 Å². The predicted molar refractivity (Wildman–Crippen MR) is 225 cm³/mol. The van der Waals surface area contributed by atoms with Gasteiger partial charge in [0.05, 0.1) is 40.1 Å². The smallest absolute Gasteiger partial charge is 0.235 e. The highest BCUT2D eigenvalue weighted by molar-refractivity contribution is 6.12. The first-order valence-corrected chi connectivity index (χ1v) is 17.9. The molecule has 0 unspecified atom stereocenters. The third-order valence-corrected chi connectivity index (χ3v) is 10.4. The van der Waals surface area contributed by atoms with Crippen LogP contribution in [0.2, 0.25) is 0 Å². The summed E-state index contributed by atoms with van der Waals surface area (Å²) < 4.78 is 47.1. The molecule has 0 amide bonds. The topological polar surface area (TPSA) is 35.6 Å². The van der Waals surface area contributed by atoms with Crippen molar-refractivity contribution in [2.45, 2.75) is 0 Å². The van der Waals surface area contributed by atoms with Gasteiger partial charge in [0.15, 0.2) is 0 Å². The molecule has 3 aromatic heterocycles. The molecule has 54 heavy (non-hydrogen) atoms. The van der Waals surface area contributed by atoms with E-state index in [1.54, 1.807) is 0 Å². The summed E-state index contributed by atoms with van der Waals surface area (Å²) >= 11 is 0. The summed E-state index contributed by atoms with van der Waals surface area (Å²) in [7, 11) is 0. The lowest BCUT2D eigenvalue weighted by Gasteiger charge is -2.12. The van der Waals surface area contributed by atoms with Gasteiger partial charge in [0.1, 0.15) is 0 Å². The van der Waals surface area contributed by atoms with Crippen molar-refractivity contribution in [3.05, 3.63) is 194 Å². The Morgan fingerprint density at radius 3 is 1.74 bits per heavy atom. The van der Waals surface area contributed by atoms with Crippen LogP contribution in [0.4, 0.5) is 0 Å². The molecule has 0 saturated heterocycles. The number of para-hydroxylation sites is 3. The molecule has 0 atom stereocenters. The van der Waals surface area contributed by atoms with Crippen LogP contribution in [0.15, 0.2) is 194 Å². The van der Waals surface area contributed by atoms with Gasteiger partial charge < -0.3 is 4.57 Å². The van der Waals surface area contributed by atoms with Crippen molar-refractivity contribution < 1.29 is 6.85 Å². The van der Waals surface area contributed by atoms with Gasteiger partial charge in [0.2, 0.25) is 5.95 Å². The summed E-state index contributed by atoms with van der Waals surface area (Å²) in [6, 6.07) is 54.4. The quantitative estimate of drug-likeness (QED) is 0.180. The Kier molecular flexibility index (Phi) is 5.76. The van der Waals surface area contributed by atoms with E-state index in [2.05, 4.69) is 120 Å². The molecule has 11 rings (SSSR count). The highest BCUT2D eigenvalue weighted by Crippen LogP contribution is 2.39. The summed E-state index contributed by atoms with van der Waals surface area (Å²) in [6.45, 7) is 0. The standard InChI is InChI=1S/C50H32N4/c1-3-13-33(14-4-1)34-23-27-38(28-24-34)53-45-21-11-9-18-40(45)43-31-36(26-30-47(43)53)37-25-29-41-39-17-8-12-22-46(39)54(48(41)32-37)50-51-44-20-10-7-19-42(44)49(52-50)35-15-5-2-6-16-35/h1-32H/i2D,5D,6D,15D,16D. The molecule has 0 aliphatic carbocycles. The molecule has 252 valence electrons. The first kappa shape index (κ1) is 25.6. The van der Waals surface area contributed by atoms with Gasteiger partial charge in [-0.25, -0.2) is 9.97 Å². The zero-order valence-corrected chi connectivity index (χ0v) is 28.9. The molecular weight excluding hydrogens is 657 g/mol. The molecule has 0 aliphatic heterocycles.